The number of nitrogens with zero attached hydrogens (tertiary/aromatic N) is 1. The Kier molecular flexibility index (Phi) is 2.38. The smallest absolute Gasteiger partial charge is 0.120 e. The van der Waals surface area contributed by atoms with E-state index in [1.165, 1.54) is 0 Å². The fraction of sp³-hybridized carbons (Fsp3) is 0.364. The van der Waals surface area contributed by atoms with Gasteiger partial charge in [-0.3, -0.25) is 0 Å². The molecule has 1 atom stereocenters. The molecule has 0 unspecified atom stereocenters. The summed E-state index contributed by atoms with van der Waals surface area (Å²) in [6.45, 7) is 0.987. The molecule has 1 aliphatic heterocycles. The average molecular weight is 188 g/mol. The Hall–Kier alpha value is -1.53. The molecule has 1 heterocycles. The Bertz CT molecular complexity index is 375. The highest BCUT2D eigenvalue weighted by Crippen LogP contribution is 2.30. The van der Waals surface area contributed by atoms with E-state index in [-0.39, 0.29) is 11.8 Å². The first-order chi connectivity index (χ1) is 6.81. The van der Waals surface area contributed by atoms with Crippen molar-refractivity contribution in [3.05, 3.63) is 29.3 Å². The predicted molar refractivity (Wildman–Crippen MR) is 52.8 cm³/mol. The molecule has 72 valence electrons. The van der Waals surface area contributed by atoms with Gasteiger partial charge < -0.3 is 10.4 Å². The summed E-state index contributed by atoms with van der Waals surface area (Å²) in [5.41, 5.74) is 1.45. The summed E-state index contributed by atoms with van der Waals surface area (Å²) in [5.74, 6) is 0.281. The average Bonchev–Trinajstić information content (AvgIpc) is 2.71. The zero-order chi connectivity index (χ0) is 9.97. The summed E-state index contributed by atoms with van der Waals surface area (Å²) in [6.07, 6.45) is 2.16. The molecule has 0 aliphatic carbocycles. The molecule has 2 rings (SSSR count). The van der Waals surface area contributed by atoms with Gasteiger partial charge in [0.15, 0.2) is 0 Å². The van der Waals surface area contributed by atoms with Crippen molar-refractivity contribution in [1.82, 2.24) is 5.32 Å². The van der Waals surface area contributed by atoms with Crippen LogP contribution in [-0.4, -0.2) is 11.7 Å². The van der Waals surface area contributed by atoms with E-state index in [1.54, 1.807) is 18.2 Å². The topological polar surface area (TPSA) is 56.0 Å². The Balaban J connectivity index is 2.35. The van der Waals surface area contributed by atoms with Crippen LogP contribution >= 0.6 is 0 Å². The molecule has 0 bridgehead atoms. The first-order valence-corrected chi connectivity index (χ1v) is 4.77. The SMILES string of the molecule is N#Cc1ccc(O)c([C@@H]2CCCN2)c1. The van der Waals surface area contributed by atoms with Crippen LogP contribution < -0.4 is 5.32 Å². The van der Waals surface area contributed by atoms with Crippen LogP contribution in [-0.2, 0) is 0 Å². The van der Waals surface area contributed by atoms with Gasteiger partial charge in [0.2, 0.25) is 0 Å². The summed E-state index contributed by atoms with van der Waals surface area (Å²) in [6, 6.07) is 7.28. The van der Waals surface area contributed by atoms with Crippen molar-refractivity contribution in [2.45, 2.75) is 18.9 Å². The van der Waals surface area contributed by atoms with Crippen molar-refractivity contribution in [3.63, 3.8) is 0 Å². The second-order valence-corrected chi connectivity index (χ2v) is 3.53. The second-order valence-electron chi connectivity index (χ2n) is 3.53. The molecule has 1 saturated heterocycles. The molecule has 1 aliphatic rings. The maximum atomic E-state index is 9.64. The molecule has 2 N–H and O–H groups in total. The van der Waals surface area contributed by atoms with Crippen molar-refractivity contribution in [2.24, 2.45) is 0 Å². The fourth-order valence-electron chi connectivity index (χ4n) is 1.85. The molecule has 0 saturated carbocycles. The molecule has 1 aromatic carbocycles. The number of hydrogen-bond acceptors (Lipinski definition) is 3. The third-order valence-electron chi connectivity index (χ3n) is 2.59. The molecule has 3 heteroatoms. The zero-order valence-corrected chi connectivity index (χ0v) is 7.83. The maximum absolute atomic E-state index is 9.64. The fourth-order valence-corrected chi connectivity index (χ4v) is 1.85. The van der Waals surface area contributed by atoms with Crippen LogP contribution in [0.5, 0.6) is 5.75 Å². The first kappa shape index (κ1) is 9.04. The van der Waals surface area contributed by atoms with E-state index < -0.39 is 0 Å². The Morgan fingerprint density at radius 3 is 3.00 bits per heavy atom. The van der Waals surface area contributed by atoms with Gasteiger partial charge in [-0.2, -0.15) is 5.26 Å². The largest absolute Gasteiger partial charge is 0.508 e. The van der Waals surface area contributed by atoms with Gasteiger partial charge in [0.05, 0.1) is 11.6 Å². The summed E-state index contributed by atoms with van der Waals surface area (Å²) >= 11 is 0. The predicted octanol–water partition coefficient (Wildman–Crippen LogP) is 1.69. The normalized spacial score (nSPS) is 20.6. The van der Waals surface area contributed by atoms with Gasteiger partial charge in [0, 0.05) is 11.6 Å². The Labute approximate surface area is 83.0 Å². The molecule has 1 aromatic rings. The summed E-state index contributed by atoms with van der Waals surface area (Å²) < 4.78 is 0. The minimum atomic E-state index is 0.211. The Morgan fingerprint density at radius 2 is 2.36 bits per heavy atom. The molecule has 1 fully saturated rings. The van der Waals surface area contributed by atoms with E-state index in [0.717, 1.165) is 24.9 Å². The minimum Gasteiger partial charge on any atom is -0.508 e. The van der Waals surface area contributed by atoms with Crippen molar-refractivity contribution >= 4 is 0 Å². The zero-order valence-electron chi connectivity index (χ0n) is 7.83. The van der Waals surface area contributed by atoms with Gasteiger partial charge in [0.1, 0.15) is 5.75 Å². The van der Waals surface area contributed by atoms with Crippen molar-refractivity contribution in [3.8, 4) is 11.8 Å². The Morgan fingerprint density at radius 1 is 1.50 bits per heavy atom. The number of hydrogen-bond donors (Lipinski definition) is 2. The highest BCUT2D eigenvalue weighted by molar-refractivity contribution is 5.43. The third-order valence-corrected chi connectivity index (χ3v) is 2.59. The molecule has 0 radical (unpaired) electrons. The van der Waals surface area contributed by atoms with E-state index >= 15 is 0 Å². The highest BCUT2D eigenvalue weighted by atomic mass is 16.3. The molecular weight excluding hydrogens is 176 g/mol. The number of phenols is 1. The van der Waals surface area contributed by atoms with Crippen LogP contribution in [0.2, 0.25) is 0 Å². The lowest BCUT2D eigenvalue weighted by Crippen LogP contribution is -2.13. The summed E-state index contributed by atoms with van der Waals surface area (Å²) in [4.78, 5) is 0. The summed E-state index contributed by atoms with van der Waals surface area (Å²) in [5, 5.41) is 21.7. The van der Waals surface area contributed by atoms with Crippen LogP contribution in [0.25, 0.3) is 0 Å². The number of rotatable bonds is 1. The molecule has 14 heavy (non-hydrogen) atoms. The number of nitrogens with one attached hydrogen (secondary N) is 1. The van der Waals surface area contributed by atoms with Crippen LogP contribution in [0.4, 0.5) is 0 Å². The third kappa shape index (κ3) is 1.57. The molecule has 0 spiro atoms. The number of nitriles is 1. The molecular formula is C11H12N2O. The van der Waals surface area contributed by atoms with E-state index in [1.807, 2.05) is 0 Å². The van der Waals surface area contributed by atoms with E-state index in [2.05, 4.69) is 11.4 Å². The molecule has 0 amide bonds. The van der Waals surface area contributed by atoms with Gasteiger partial charge in [-0.15, -0.1) is 0 Å². The lowest BCUT2D eigenvalue weighted by molar-refractivity contribution is 0.457. The summed E-state index contributed by atoms with van der Waals surface area (Å²) in [7, 11) is 0. The van der Waals surface area contributed by atoms with Crippen LogP contribution in [0, 0.1) is 11.3 Å². The van der Waals surface area contributed by atoms with Gasteiger partial charge in [-0.05, 0) is 37.6 Å². The maximum Gasteiger partial charge on any atom is 0.120 e. The number of aromatic hydroxyl groups is 1. The second kappa shape index (κ2) is 3.69. The van der Waals surface area contributed by atoms with Gasteiger partial charge in [0.25, 0.3) is 0 Å². The first-order valence-electron chi connectivity index (χ1n) is 4.77. The van der Waals surface area contributed by atoms with Crippen LogP contribution in [0.3, 0.4) is 0 Å². The lowest BCUT2D eigenvalue weighted by Gasteiger charge is -2.12. The van der Waals surface area contributed by atoms with E-state index in [4.69, 9.17) is 5.26 Å². The quantitative estimate of drug-likeness (QED) is 0.705. The standard InChI is InChI=1S/C11H12N2O/c12-7-8-3-4-11(14)9(6-8)10-2-1-5-13-10/h3-4,6,10,13-14H,1-2,5H2/t10-/m0/s1. The van der Waals surface area contributed by atoms with Crippen molar-refractivity contribution < 1.29 is 5.11 Å². The molecule has 3 nitrogen and oxygen atoms in total. The minimum absolute atomic E-state index is 0.211. The number of phenolic OH excluding ortho intramolecular Hbond substituents is 1. The van der Waals surface area contributed by atoms with Crippen LogP contribution in [0.1, 0.15) is 30.0 Å². The van der Waals surface area contributed by atoms with Gasteiger partial charge in [-0.25, -0.2) is 0 Å². The highest BCUT2D eigenvalue weighted by Gasteiger charge is 2.19. The monoisotopic (exact) mass is 188 g/mol. The van der Waals surface area contributed by atoms with E-state index in [0.29, 0.717) is 5.56 Å². The van der Waals surface area contributed by atoms with Gasteiger partial charge >= 0.3 is 0 Å². The number of benzene rings is 1. The van der Waals surface area contributed by atoms with E-state index in [9.17, 15) is 5.11 Å². The van der Waals surface area contributed by atoms with Crippen molar-refractivity contribution in [1.29, 1.82) is 5.26 Å². The van der Waals surface area contributed by atoms with Crippen molar-refractivity contribution in [2.75, 3.05) is 6.54 Å². The van der Waals surface area contributed by atoms with Crippen LogP contribution in [0.15, 0.2) is 18.2 Å². The lowest BCUT2D eigenvalue weighted by atomic mass is 10.0. The van der Waals surface area contributed by atoms with Gasteiger partial charge in [-0.1, -0.05) is 0 Å². The molecule has 0 aromatic heterocycles.